The normalized spacial score (nSPS) is 10.9. The number of aromatic nitrogens is 1. The molecule has 0 unspecified atom stereocenters. The lowest BCUT2D eigenvalue weighted by Gasteiger charge is -2.13. The molecule has 0 spiro atoms. The number of aromatic hydroxyl groups is 1. The van der Waals surface area contributed by atoms with Gasteiger partial charge in [-0.25, -0.2) is 4.98 Å². The monoisotopic (exact) mass is 381 g/mol. The van der Waals surface area contributed by atoms with Crippen LogP contribution in [0.4, 0.5) is 16.5 Å². The van der Waals surface area contributed by atoms with E-state index in [9.17, 15) is 9.90 Å². The molecule has 0 atom stereocenters. The van der Waals surface area contributed by atoms with Crippen LogP contribution >= 0.6 is 11.3 Å². The van der Waals surface area contributed by atoms with Crippen LogP contribution in [0.3, 0.4) is 0 Å². The maximum atomic E-state index is 12.6. The first-order chi connectivity index (χ1) is 12.9. The van der Waals surface area contributed by atoms with Crippen molar-refractivity contribution in [3.63, 3.8) is 0 Å². The number of benzene rings is 2. The second kappa shape index (κ2) is 7.80. The van der Waals surface area contributed by atoms with E-state index in [-0.39, 0.29) is 11.7 Å². The first kappa shape index (κ1) is 18.9. The van der Waals surface area contributed by atoms with Gasteiger partial charge in [0.1, 0.15) is 10.6 Å². The highest BCUT2D eigenvalue weighted by Crippen LogP contribution is 2.31. The largest absolute Gasteiger partial charge is 0.508 e. The van der Waals surface area contributed by atoms with E-state index in [2.05, 4.69) is 35.5 Å². The fourth-order valence-electron chi connectivity index (χ4n) is 2.87. The number of anilines is 3. The molecular weight excluding hydrogens is 358 g/mol. The lowest BCUT2D eigenvalue weighted by Crippen LogP contribution is -2.12. The molecule has 0 aliphatic rings. The van der Waals surface area contributed by atoms with Crippen molar-refractivity contribution < 1.29 is 9.90 Å². The van der Waals surface area contributed by atoms with Gasteiger partial charge in [-0.1, -0.05) is 49.4 Å². The molecule has 5 nitrogen and oxygen atoms in total. The molecule has 6 heteroatoms. The zero-order valence-electron chi connectivity index (χ0n) is 15.8. The van der Waals surface area contributed by atoms with Crippen LogP contribution in [0.1, 0.15) is 46.1 Å². The van der Waals surface area contributed by atoms with Gasteiger partial charge in [-0.2, -0.15) is 0 Å². The van der Waals surface area contributed by atoms with Crippen molar-refractivity contribution in [3.05, 3.63) is 64.2 Å². The average molecular weight is 382 g/mol. The number of carbonyl (C=O) groups is 1. The number of amides is 1. The van der Waals surface area contributed by atoms with E-state index in [1.165, 1.54) is 16.9 Å². The number of nitrogens with one attached hydrogen (secondary N) is 2. The van der Waals surface area contributed by atoms with E-state index in [4.69, 9.17) is 0 Å². The molecule has 0 fully saturated rings. The van der Waals surface area contributed by atoms with Crippen LogP contribution in [0.5, 0.6) is 5.75 Å². The van der Waals surface area contributed by atoms with Crippen molar-refractivity contribution in [2.24, 2.45) is 0 Å². The van der Waals surface area contributed by atoms with Gasteiger partial charge in [0.05, 0.1) is 11.9 Å². The zero-order chi connectivity index (χ0) is 19.6. The summed E-state index contributed by atoms with van der Waals surface area (Å²) in [6.07, 6.45) is 1.56. The summed E-state index contributed by atoms with van der Waals surface area (Å²) >= 11 is 1.29. The van der Waals surface area contributed by atoms with Gasteiger partial charge >= 0.3 is 0 Å². The maximum Gasteiger partial charge on any atom is 0.267 e. The molecule has 3 aromatic rings. The number of phenolic OH excluding ortho intramolecular Hbond substituents is 1. The highest BCUT2D eigenvalue weighted by molar-refractivity contribution is 7.17. The Labute approximate surface area is 163 Å². The number of hydrogen-bond donors (Lipinski definition) is 3. The first-order valence-corrected chi connectivity index (χ1v) is 9.60. The van der Waals surface area contributed by atoms with Crippen LogP contribution in [-0.2, 0) is 0 Å². The van der Waals surface area contributed by atoms with Crippen molar-refractivity contribution >= 4 is 33.8 Å². The first-order valence-electron chi connectivity index (χ1n) is 8.79. The minimum Gasteiger partial charge on any atom is -0.508 e. The third-order valence-corrected chi connectivity index (χ3v) is 5.35. The number of hydrogen-bond acceptors (Lipinski definition) is 5. The number of rotatable bonds is 5. The Morgan fingerprint density at radius 1 is 1.15 bits per heavy atom. The highest BCUT2D eigenvalue weighted by Gasteiger charge is 2.15. The summed E-state index contributed by atoms with van der Waals surface area (Å²) in [5, 5.41) is 16.7. The van der Waals surface area contributed by atoms with Crippen LogP contribution in [-0.4, -0.2) is 16.0 Å². The standard InChI is InChI=1S/C21H23N3O2S/c1-12(2)15-7-5-6-8-16(15)23-21-22-11-18(27-21)20(26)24-19-13(3)9-10-17(25)14(19)4/h5-12,25H,1-4H3,(H,22,23)(H,24,26). The average Bonchev–Trinajstić information content (AvgIpc) is 3.11. The summed E-state index contributed by atoms with van der Waals surface area (Å²) in [5.74, 6) is 0.301. The van der Waals surface area contributed by atoms with Gasteiger partial charge in [-0.15, -0.1) is 0 Å². The molecule has 0 aliphatic carbocycles. The molecule has 2 aromatic carbocycles. The van der Waals surface area contributed by atoms with E-state index < -0.39 is 0 Å². The molecular formula is C21H23N3O2S. The smallest absolute Gasteiger partial charge is 0.267 e. The minimum absolute atomic E-state index is 0.160. The third-order valence-electron chi connectivity index (χ3n) is 4.44. The second-order valence-electron chi connectivity index (χ2n) is 6.75. The van der Waals surface area contributed by atoms with Crippen LogP contribution < -0.4 is 10.6 Å². The molecule has 140 valence electrons. The summed E-state index contributed by atoms with van der Waals surface area (Å²) in [7, 11) is 0. The molecule has 1 amide bonds. The summed E-state index contributed by atoms with van der Waals surface area (Å²) in [4.78, 5) is 17.5. The Morgan fingerprint density at radius 3 is 2.63 bits per heavy atom. The van der Waals surface area contributed by atoms with Gasteiger partial charge in [-0.3, -0.25) is 4.79 Å². The topological polar surface area (TPSA) is 74.2 Å². The predicted octanol–water partition coefficient (Wildman–Crippen LogP) is 5.58. The summed E-state index contributed by atoms with van der Waals surface area (Å²) < 4.78 is 0. The van der Waals surface area contributed by atoms with Gasteiger partial charge < -0.3 is 15.7 Å². The van der Waals surface area contributed by atoms with Crippen molar-refractivity contribution in [2.75, 3.05) is 10.6 Å². The number of thiazole rings is 1. The lowest BCUT2D eigenvalue weighted by atomic mass is 10.0. The Kier molecular flexibility index (Phi) is 5.46. The van der Waals surface area contributed by atoms with Gasteiger partial charge in [0.25, 0.3) is 5.91 Å². The molecule has 0 saturated carbocycles. The minimum atomic E-state index is -0.241. The van der Waals surface area contributed by atoms with Crippen molar-refractivity contribution in [1.29, 1.82) is 0 Å². The van der Waals surface area contributed by atoms with Crippen LogP contribution in [0.25, 0.3) is 0 Å². The molecule has 0 radical (unpaired) electrons. The zero-order valence-corrected chi connectivity index (χ0v) is 16.6. The Bertz CT molecular complexity index is 979. The van der Waals surface area contributed by atoms with Crippen LogP contribution in [0, 0.1) is 13.8 Å². The van der Waals surface area contributed by atoms with E-state index in [1.807, 2.05) is 25.1 Å². The van der Waals surface area contributed by atoms with E-state index in [0.717, 1.165) is 11.3 Å². The molecule has 0 saturated heterocycles. The predicted molar refractivity (Wildman–Crippen MR) is 111 cm³/mol. The van der Waals surface area contributed by atoms with Crippen LogP contribution in [0.15, 0.2) is 42.6 Å². The molecule has 0 aliphatic heterocycles. The van der Waals surface area contributed by atoms with E-state index in [1.54, 1.807) is 25.3 Å². The van der Waals surface area contributed by atoms with Crippen molar-refractivity contribution in [1.82, 2.24) is 4.98 Å². The summed E-state index contributed by atoms with van der Waals surface area (Å²) in [5.41, 5.74) is 4.37. The van der Waals surface area contributed by atoms with Crippen LogP contribution in [0.2, 0.25) is 0 Å². The van der Waals surface area contributed by atoms with E-state index >= 15 is 0 Å². The summed E-state index contributed by atoms with van der Waals surface area (Å²) in [6.45, 7) is 7.95. The quantitative estimate of drug-likeness (QED) is 0.539. The van der Waals surface area contributed by atoms with E-state index in [0.29, 0.717) is 27.2 Å². The molecule has 1 aromatic heterocycles. The molecule has 1 heterocycles. The number of nitrogens with zero attached hydrogens (tertiary/aromatic N) is 1. The number of aryl methyl sites for hydroxylation is 1. The van der Waals surface area contributed by atoms with Crippen molar-refractivity contribution in [3.8, 4) is 5.75 Å². The highest BCUT2D eigenvalue weighted by atomic mass is 32.1. The molecule has 3 N–H and O–H groups in total. The number of phenols is 1. The Morgan fingerprint density at radius 2 is 1.89 bits per heavy atom. The fourth-order valence-corrected chi connectivity index (χ4v) is 3.59. The van der Waals surface area contributed by atoms with Gasteiger partial charge in [0.2, 0.25) is 0 Å². The van der Waals surface area contributed by atoms with Crippen molar-refractivity contribution in [2.45, 2.75) is 33.6 Å². The van der Waals surface area contributed by atoms with Gasteiger partial charge in [0.15, 0.2) is 5.13 Å². The SMILES string of the molecule is Cc1ccc(O)c(C)c1NC(=O)c1cnc(Nc2ccccc2C(C)C)s1. The maximum absolute atomic E-state index is 12.6. The fraction of sp³-hybridized carbons (Fsp3) is 0.238. The molecule has 3 rings (SSSR count). The number of para-hydroxylation sites is 1. The molecule has 0 bridgehead atoms. The lowest BCUT2D eigenvalue weighted by molar-refractivity contribution is 0.103. The third kappa shape index (κ3) is 4.11. The second-order valence-corrected chi connectivity index (χ2v) is 7.78. The Hall–Kier alpha value is -2.86. The number of carbonyl (C=O) groups excluding carboxylic acids is 1. The Balaban J connectivity index is 1.79. The van der Waals surface area contributed by atoms with Gasteiger partial charge in [0, 0.05) is 11.3 Å². The van der Waals surface area contributed by atoms with Gasteiger partial charge in [-0.05, 0) is 43.0 Å². The molecule has 27 heavy (non-hydrogen) atoms. The summed E-state index contributed by atoms with van der Waals surface area (Å²) in [6, 6.07) is 11.5.